The summed E-state index contributed by atoms with van der Waals surface area (Å²) in [4.78, 5) is 19.6. The van der Waals surface area contributed by atoms with Crippen LogP contribution in [0.15, 0.2) is 58.4 Å². The number of rotatable bonds is 4. The lowest BCUT2D eigenvalue weighted by Gasteiger charge is -2.33. The van der Waals surface area contributed by atoms with E-state index in [2.05, 4.69) is 17.3 Å². The van der Waals surface area contributed by atoms with E-state index in [1.54, 1.807) is 23.2 Å². The molecule has 0 N–H and O–H groups in total. The molecule has 1 amide bonds. The monoisotopic (exact) mass is 431 g/mol. The summed E-state index contributed by atoms with van der Waals surface area (Å²) in [6, 6.07) is 16.0. The number of aryl methyl sites for hydroxylation is 2. The van der Waals surface area contributed by atoms with Gasteiger partial charge < -0.3 is 14.2 Å². The highest BCUT2D eigenvalue weighted by atomic mass is 32.1. The van der Waals surface area contributed by atoms with Crippen LogP contribution in [0.2, 0.25) is 0 Å². The average molecular weight is 432 g/mol. The predicted molar refractivity (Wildman–Crippen MR) is 120 cm³/mol. The van der Waals surface area contributed by atoms with Gasteiger partial charge in [0.05, 0.1) is 23.6 Å². The van der Waals surface area contributed by atoms with Gasteiger partial charge in [-0.15, -0.1) is 11.3 Å². The normalized spacial score (nSPS) is 15.6. The molecule has 1 unspecified atom stereocenters. The molecule has 1 aliphatic heterocycles. The smallest absolute Gasteiger partial charge is 0.268 e. The Morgan fingerprint density at radius 3 is 2.65 bits per heavy atom. The van der Waals surface area contributed by atoms with E-state index in [0.29, 0.717) is 18.1 Å². The average Bonchev–Trinajstić information content (AvgIpc) is 3.40. The van der Waals surface area contributed by atoms with Gasteiger partial charge in [0.25, 0.3) is 5.91 Å². The second kappa shape index (κ2) is 7.67. The van der Waals surface area contributed by atoms with Gasteiger partial charge >= 0.3 is 0 Å². The first-order valence-electron chi connectivity index (χ1n) is 10.1. The van der Waals surface area contributed by atoms with Gasteiger partial charge in [0.15, 0.2) is 6.10 Å². The maximum atomic E-state index is 13.0. The standard InChI is InChI=1S/C24H21N3O3S/c1-14-19(15(2)30-26-14)12-27-21-11-18(9-10-22(21)29-16(3)24(27)28)20-13-31-23(25-20)17-7-5-4-6-8-17/h4-11,13,16H,12H2,1-3H3. The van der Waals surface area contributed by atoms with Crippen LogP contribution in [0, 0.1) is 13.8 Å². The summed E-state index contributed by atoms with van der Waals surface area (Å²) in [5.74, 6) is 1.31. The maximum Gasteiger partial charge on any atom is 0.268 e. The molecule has 0 bridgehead atoms. The second-order valence-electron chi connectivity index (χ2n) is 7.57. The van der Waals surface area contributed by atoms with Crippen LogP contribution in [0.3, 0.4) is 0 Å². The Morgan fingerprint density at radius 2 is 1.90 bits per heavy atom. The van der Waals surface area contributed by atoms with E-state index >= 15 is 0 Å². The predicted octanol–water partition coefficient (Wildman–Crippen LogP) is 5.40. The van der Waals surface area contributed by atoms with Crippen LogP contribution in [0.25, 0.3) is 21.8 Å². The van der Waals surface area contributed by atoms with E-state index in [-0.39, 0.29) is 5.91 Å². The quantitative estimate of drug-likeness (QED) is 0.433. The number of fused-ring (bicyclic) bond motifs is 1. The third kappa shape index (κ3) is 3.51. The number of hydrogen-bond donors (Lipinski definition) is 0. The molecule has 0 aliphatic carbocycles. The van der Waals surface area contributed by atoms with Crippen LogP contribution >= 0.6 is 11.3 Å². The number of carbonyl (C=O) groups excluding carboxylic acids is 1. The Labute approximate surface area is 184 Å². The largest absolute Gasteiger partial charge is 0.479 e. The van der Waals surface area contributed by atoms with Gasteiger partial charge in [0.1, 0.15) is 16.5 Å². The molecule has 156 valence electrons. The van der Waals surface area contributed by atoms with Gasteiger partial charge in [0, 0.05) is 22.1 Å². The molecule has 1 aliphatic rings. The zero-order chi connectivity index (χ0) is 21.5. The molecule has 0 spiro atoms. The van der Waals surface area contributed by atoms with E-state index in [1.165, 1.54) is 0 Å². The number of amides is 1. The van der Waals surface area contributed by atoms with Crippen LogP contribution in [0.5, 0.6) is 5.75 Å². The molecule has 2 aromatic carbocycles. The van der Waals surface area contributed by atoms with Crippen LogP contribution in [-0.4, -0.2) is 22.2 Å². The molecule has 31 heavy (non-hydrogen) atoms. The maximum absolute atomic E-state index is 13.0. The molecule has 0 fully saturated rings. The first-order valence-corrected chi connectivity index (χ1v) is 10.9. The Hall–Kier alpha value is -3.45. The fourth-order valence-corrected chi connectivity index (χ4v) is 4.57. The molecular weight excluding hydrogens is 410 g/mol. The van der Waals surface area contributed by atoms with Crippen molar-refractivity contribution >= 4 is 22.9 Å². The SMILES string of the molecule is Cc1noc(C)c1CN1C(=O)C(C)Oc2ccc(-c3csc(-c4ccccc4)n3)cc21. The van der Waals surface area contributed by atoms with Crippen molar-refractivity contribution in [3.63, 3.8) is 0 Å². The van der Waals surface area contributed by atoms with Crippen molar-refractivity contribution < 1.29 is 14.1 Å². The lowest BCUT2D eigenvalue weighted by atomic mass is 10.1. The molecule has 4 aromatic rings. The number of anilines is 1. The minimum absolute atomic E-state index is 0.0899. The number of thiazole rings is 1. The highest BCUT2D eigenvalue weighted by molar-refractivity contribution is 7.13. The van der Waals surface area contributed by atoms with Gasteiger partial charge in [-0.3, -0.25) is 4.79 Å². The zero-order valence-corrected chi connectivity index (χ0v) is 18.3. The summed E-state index contributed by atoms with van der Waals surface area (Å²) in [6.45, 7) is 5.90. The third-order valence-electron chi connectivity index (χ3n) is 5.49. The lowest BCUT2D eigenvalue weighted by molar-refractivity contribution is -0.125. The molecular formula is C24H21N3O3S. The Balaban J connectivity index is 1.53. The number of nitrogens with zero attached hydrogens (tertiary/aromatic N) is 3. The van der Waals surface area contributed by atoms with E-state index in [4.69, 9.17) is 14.2 Å². The summed E-state index contributed by atoms with van der Waals surface area (Å²) in [5, 5.41) is 7.02. The minimum atomic E-state index is -0.553. The zero-order valence-electron chi connectivity index (χ0n) is 17.5. The van der Waals surface area contributed by atoms with Crippen molar-refractivity contribution in [3.05, 3.63) is 70.9 Å². The molecule has 5 rings (SSSR count). The van der Waals surface area contributed by atoms with E-state index in [9.17, 15) is 4.79 Å². The molecule has 0 radical (unpaired) electrons. The highest BCUT2D eigenvalue weighted by Crippen LogP contribution is 2.39. The number of benzene rings is 2. The fourth-order valence-electron chi connectivity index (χ4n) is 3.73. The third-order valence-corrected chi connectivity index (χ3v) is 6.38. The number of aromatic nitrogens is 2. The van der Waals surface area contributed by atoms with Crippen molar-refractivity contribution in [2.45, 2.75) is 33.4 Å². The summed E-state index contributed by atoms with van der Waals surface area (Å²) in [5.41, 5.74) is 5.33. The number of ether oxygens (including phenoxy) is 1. The lowest BCUT2D eigenvalue weighted by Crippen LogP contribution is -2.44. The molecule has 0 saturated carbocycles. The Kier molecular flexibility index (Phi) is 4.82. The van der Waals surface area contributed by atoms with Gasteiger partial charge in [-0.25, -0.2) is 4.98 Å². The fraction of sp³-hybridized carbons (Fsp3) is 0.208. The Bertz CT molecular complexity index is 1240. The summed E-state index contributed by atoms with van der Waals surface area (Å²) in [7, 11) is 0. The first kappa shape index (κ1) is 19.5. The molecule has 6 nitrogen and oxygen atoms in total. The van der Waals surface area contributed by atoms with E-state index < -0.39 is 6.10 Å². The topological polar surface area (TPSA) is 68.5 Å². The number of carbonyl (C=O) groups is 1. The Morgan fingerprint density at radius 1 is 1.10 bits per heavy atom. The number of hydrogen-bond acceptors (Lipinski definition) is 6. The first-order chi connectivity index (χ1) is 15.0. The minimum Gasteiger partial charge on any atom is -0.479 e. The highest BCUT2D eigenvalue weighted by Gasteiger charge is 2.33. The van der Waals surface area contributed by atoms with Crippen LogP contribution in [-0.2, 0) is 11.3 Å². The van der Waals surface area contributed by atoms with Crippen molar-refractivity contribution in [1.82, 2.24) is 10.1 Å². The van der Waals surface area contributed by atoms with Crippen molar-refractivity contribution in [2.75, 3.05) is 4.90 Å². The summed E-state index contributed by atoms with van der Waals surface area (Å²) < 4.78 is 11.2. The van der Waals surface area contributed by atoms with Crippen molar-refractivity contribution in [1.29, 1.82) is 0 Å². The van der Waals surface area contributed by atoms with E-state index in [0.717, 1.165) is 38.8 Å². The molecule has 1 atom stereocenters. The molecule has 0 saturated heterocycles. The molecule has 7 heteroatoms. The van der Waals surface area contributed by atoms with Crippen molar-refractivity contribution in [2.24, 2.45) is 0 Å². The van der Waals surface area contributed by atoms with Gasteiger partial charge in [-0.2, -0.15) is 0 Å². The van der Waals surface area contributed by atoms with Crippen molar-refractivity contribution in [3.8, 4) is 27.6 Å². The second-order valence-corrected chi connectivity index (χ2v) is 8.43. The van der Waals surface area contributed by atoms with Crippen LogP contribution in [0.4, 0.5) is 5.69 Å². The van der Waals surface area contributed by atoms with Crippen LogP contribution < -0.4 is 9.64 Å². The van der Waals surface area contributed by atoms with Gasteiger partial charge in [-0.05, 0) is 39.0 Å². The summed E-state index contributed by atoms with van der Waals surface area (Å²) in [6.07, 6.45) is -0.553. The van der Waals surface area contributed by atoms with E-state index in [1.807, 2.05) is 55.6 Å². The molecule has 3 heterocycles. The van der Waals surface area contributed by atoms with Gasteiger partial charge in [0.2, 0.25) is 0 Å². The summed E-state index contributed by atoms with van der Waals surface area (Å²) >= 11 is 1.60. The van der Waals surface area contributed by atoms with Crippen LogP contribution in [0.1, 0.15) is 23.9 Å². The molecule has 2 aromatic heterocycles. The van der Waals surface area contributed by atoms with Gasteiger partial charge in [-0.1, -0.05) is 35.5 Å².